The van der Waals surface area contributed by atoms with Crippen LogP contribution in [0.4, 0.5) is 0 Å². The van der Waals surface area contributed by atoms with E-state index in [0.717, 1.165) is 50.4 Å². The Morgan fingerprint density at radius 3 is 1.86 bits per heavy atom. The van der Waals surface area contributed by atoms with Gasteiger partial charge in [0.2, 0.25) is 0 Å². The Morgan fingerprint density at radius 2 is 1.19 bits per heavy atom. The first kappa shape index (κ1) is 26.4. The third-order valence-corrected chi connectivity index (χ3v) is 8.50. The number of aromatic nitrogens is 2. The van der Waals surface area contributed by atoms with Gasteiger partial charge in [-0.3, -0.25) is 4.57 Å². The lowest BCUT2D eigenvalue weighted by Gasteiger charge is -2.20. The lowest BCUT2D eigenvalue weighted by atomic mass is 9.83. The molecule has 1 aromatic heterocycles. The van der Waals surface area contributed by atoms with Crippen molar-refractivity contribution in [1.82, 2.24) is 9.55 Å². The fourth-order valence-electron chi connectivity index (χ4n) is 6.36. The highest BCUT2D eigenvalue weighted by Gasteiger charge is 2.20. The molecule has 7 aromatic rings. The number of rotatable bonds is 6. The number of hydrogen-bond donors (Lipinski definition) is 0. The number of hydrogen-bond acceptors (Lipinski definition) is 1. The molecule has 43 heavy (non-hydrogen) atoms. The lowest BCUT2D eigenvalue weighted by molar-refractivity contribution is 1.12. The Kier molecular flexibility index (Phi) is 6.60. The maximum atomic E-state index is 5.02. The van der Waals surface area contributed by atoms with Gasteiger partial charge in [0.1, 0.15) is 5.82 Å². The Balaban J connectivity index is 1.44. The molecular formula is C41H32N2. The molecule has 0 aliphatic rings. The van der Waals surface area contributed by atoms with Gasteiger partial charge in [0.25, 0.3) is 0 Å². The standard InChI is InChI=1S/C41H32N2/c1-5-27(4)43-38-19-13-12-18-37(38)42-41(43)30-23-21-29(22-24-30)39-33(6-2)34(7-3)40(36-17-11-10-16-35(36)39)32-25-20-28-14-8-9-15-31(28)26-32/h5-26H,2-3H2,1,4H3/b27-5+. The zero-order valence-electron chi connectivity index (χ0n) is 24.5. The minimum absolute atomic E-state index is 0.940. The van der Waals surface area contributed by atoms with Crippen LogP contribution in [0.25, 0.3) is 84.1 Å². The van der Waals surface area contributed by atoms with Crippen LogP contribution in [0.15, 0.2) is 134 Å². The molecule has 0 radical (unpaired) electrons. The van der Waals surface area contributed by atoms with Gasteiger partial charge < -0.3 is 0 Å². The van der Waals surface area contributed by atoms with Gasteiger partial charge in [-0.15, -0.1) is 0 Å². The van der Waals surface area contributed by atoms with Gasteiger partial charge in [-0.1, -0.05) is 128 Å². The fourth-order valence-corrected chi connectivity index (χ4v) is 6.36. The first-order valence-electron chi connectivity index (χ1n) is 14.7. The van der Waals surface area contributed by atoms with Gasteiger partial charge >= 0.3 is 0 Å². The Morgan fingerprint density at radius 1 is 0.628 bits per heavy atom. The van der Waals surface area contributed by atoms with E-state index in [9.17, 15) is 0 Å². The van der Waals surface area contributed by atoms with E-state index in [0.29, 0.717) is 0 Å². The van der Waals surface area contributed by atoms with Crippen LogP contribution >= 0.6 is 0 Å². The summed E-state index contributed by atoms with van der Waals surface area (Å²) < 4.78 is 2.24. The molecule has 1 heterocycles. The van der Waals surface area contributed by atoms with Crippen LogP contribution in [0.3, 0.4) is 0 Å². The largest absolute Gasteiger partial charge is 0.297 e. The molecule has 7 rings (SSSR count). The summed E-state index contributed by atoms with van der Waals surface area (Å²) in [6, 6.07) is 41.0. The highest BCUT2D eigenvalue weighted by Crippen LogP contribution is 2.44. The SMILES string of the molecule is C=Cc1c(C=C)c(-c2ccc3ccccc3c2)c2ccccc2c1-c1ccc(-c2nc3ccccc3n2/C(C)=C/C)cc1. The number of benzene rings is 6. The summed E-state index contributed by atoms with van der Waals surface area (Å²) in [5, 5.41) is 4.84. The van der Waals surface area contributed by atoms with Gasteiger partial charge in [-0.05, 0) is 87.0 Å². The predicted molar refractivity (Wildman–Crippen MR) is 187 cm³/mol. The van der Waals surface area contributed by atoms with E-state index in [2.05, 4.69) is 147 Å². The molecule has 0 unspecified atom stereocenters. The lowest BCUT2D eigenvalue weighted by Crippen LogP contribution is -1.98. The number of fused-ring (bicyclic) bond motifs is 3. The van der Waals surface area contributed by atoms with Crippen molar-refractivity contribution in [2.45, 2.75) is 13.8 Å². The molecule has 0 saturated heterocycles. The Hall–Kier alpha value is -5.47. The smallest absolute Gasteiger partial charge is 0.145 e. The Labute approximate surface area is 252 Å². The van der Waals surface area contributed by atoms with E-state index in [1.54, 1.807) is 0 Å². The van der Waals surface area contributed by atoms with Gasteiger partial charge in [-0.25, -0.2) is 4.98 Å². The van der Waals surface area contributed by atoms with Crippen LogP contribution in [-0.2, 0) is 0 Å². The average molecular weight is 553 g/mol. The summed E-state index contributed by atoms with van der Waals surface area (Å²) >= 11 is 0. The Bertz CT molecular complexity index is 2230. The van der Waals surface area contributed by atoms with Crippen molar-refractivity contribution in [1.29, 1.82) is 0 Å². The van der Waals surface area contributed by atoms with Crippen LogP contribution < -0.4 is 0 Å². The summed E-state index contributed by atoms with van der Waals surface area (Å²) in [6.45, 7) is 12.7. The minimum Gasteiger partial charge on any atom is -0.297 e. The number of imidazole rings is 1. The molecule has 6 aromatic carbocycles. The van der Waals surface area contributed by atoms with Gasteiger partial charge in [0.15, 0.2) is 0 Å². The highest BCUT2D eigenvalue weighted by molar-refractivity contribution is 6.12. The number of para-hydroxylation sites is 2. The summed E-state index contributed by atoms with van der Waals surface area (Å²) in [7, 11) is 0. The van der Waals surface area contributed by atoms with Crippen LogP contribution in [0, 0.1) is 0 Å². The minimum atomic E-state index is 0.940. The fraction of sp³-hybridized carbons (Fsp3) is 0.0488. The molecule has 0 saturated carbocycles. The molecule has 0 amide bonds. The van der Waals surface area contributed by atoms with Crippen molar-refractivity contribution in [3.8, 4) is 33.6 Å². The van der Waals surface area contributed by atoms with Crippen LogP contribution in [0.2, 0.25) is 0 Å². The molecule has 0 aliphatic heterocycles. The third kappa shape index (κ3) is 4.31. The molecule has 0 bridgehead atoms. The monoisotopic (exact) mass is 552 g/mol. The van der Waals surface area contributed by atoms with Gasteiger partial charge in [0.05, 0.1) is 11.0 Å². The van der Waals surface area contributed by atoms with E-state index in [1.807, 2.05) is 18.2 Å². The normalized spacial score (nSPS) is 11.8. The molecule has 0 N–H and O–H groups in total. The molecule has 0 aliphatic carbocycles. The molecule has 0 spiro atoms. The first-order valence-corrected chi connectivity index (χ1v) is 14.7. The number of nitrogens with zero attached hydrogens (tertiary/aromatic N) is 2. The summed E-state index contributed by atoms with van der Waals surface area (Å²) in [6.07, 6.45) is 6.09. The summed E-state index contributed by atoms with van der Waals surface area (Å²) in [5.41, 5.74) is 11.1. The molecule has 206 valence electrons. The van der Waals surface area contributed by atoms with E-state index >= 15 is 0 Å². The van der Waals surface area contributed by atoms with Crippen molar-refractivity contribution in [3.05, 3.63) is 146 Å². The zero-order valence-corrected chi connectivity index (χ0v) is 24.5. The second-order valence-electron chi connectivity index (χ2n) is 10.9. The highest BCUT2D eigenvalue weighted by atomic mass is 15.1. The zero-order chi connectivity index (χ0) is 29.5. The summed E-state index contributed by atoms with van der Waals surface area (Å²) in [4.78, 5) is 5.02. The predicted octanol–water partition coefficient (Wildman–Crippen LogP) is 11.5. The van der Waals surface area contributed by atoms with E-state index < -0.39 is 0 Å². The molecule has 2 heteroatoms. The van der Waals surface area contributed by atoms with E-state index in [1.165, 1.54) is 32.7 Å². The van der Waals surface area contributed by atoms with Crippen molar-refractivity contribution >= 4 is 50.4 Å². The molecule has 0 fully saturated rings. The van der Waals surface area contributed by atoms with Crippen molar-refractivity contribution < 1.29 is 0 Å². The topological polar surface area (TPSA) is 17.8 Å². The van der Waals surface area contributed by atoms with E-state index in [4.69, 9.17) is 4.98 Å². The molecule has 2 nitrogen and oxygen atoms in total. The van der Waals surface area contributed by atoms with Crippen molar-refractivity contribution in [3.63, 3.8) is 0 Å². The van der Waals surface area contributed by atoms with E-state index in [-0.39, 0.29) is 0 Å². The third-order valence-electron chi connectivity index (χ3n) is 8.50. The van der Waals surface area contributed by atoms with Crippen molar-refractivity contribution in [2.24, 2.45) is 0 Å². The first-order chi connectivity index (χ1) is 21.1. The average Bonchev–Trinajstić information content (AvgIpc) is 3.46. The number of allylic oxidation sites excluding steroid dienone is 2. The van der Waals surface area contributed by atoms with Gasteiger partial charge in [0, 0.05) is 11.3 Å². The van der Waals surface area contributed by atoms with Crippen LogP contribution in [-0.4, -0.2) is 9.55 Å². The van der Waals surface area contributed by atoms with Crippen molar-refractivity contribution in [2.75, 3.05) is 0 Å². The maximum absolute atomic E-state index is 5.02. The van der Waals surface area contributed by atoms with Crippen LogP contribution in [0.1, 0.15) is 25.0 Å². The van der Waals surface area contributed by atoms with Crippen LogP contribution in [0.5, 0.6) is 0 Å². The second kappa shape index (κ2) is 10.7. The quantitative estimate of drug-likeness (QED) is 0.201. The molecular weight excluding hydrogens is 520 g/mol. The molecule has 0 atom stereocenters. The maximum Gasteiger partial charge on any atom is 0.145 e. The summed E-state index contributed by atoms with van der Waals surface area (Å²) in [5.74, 6) is 0.940. The van der Waals surface area contributed by atoms with Gasteiger partial charge in [-0.2, -0.15) is 0 Å². The second-order valence-corrected chi connectivity index (χ2v) is 10.9.